The molecule has 0 radical (unpaired) electrons. The van der Waals surface area contributed by atoms with Crippen LogP contribution in [0.3, 0.4) is 0 Å². The van der Waals surface area contributed by atoms with Gasteiger partial charge in [-0.05, 0) is 42.3 Å². The van der Waals surface area contributed by atoms with Crippen molar-refractivity contribution < 1.29 is 52.7 Å². The van der Waals surface area contributed by atoms with Crippen LogP contribution in [-0.2, 0) is 19.4 Å². The SMILES string of the molecule is CC(=O)/C(=C(\C(=O)[O-])c1ccc(Cl)cc1)c1ccc(S(C)(=O)=O)cc1.[Na+]. The Morgan fingerprint density at radius 2 is 1.31 bits per heavy atom. The molecular weight excluding hydrogens is 387 g/mol. The Morgan fingerprint density at radius 3 is 1.69 bits per heavy atom. The minimum absolute atomic E-state index is 0. The summed E-state index contributed by atoms with van der Waals surface area (Å²) in [6, 6.07) is 11.4. The number of allylic oxidation sites excluding steroid dienone is 1. The average molecular weight is 401 g/mol. The van der Waals surface area contributed by atoms with E-state index in [4.69, 9.17) is 11.6 Å². The molecule has 0 aliphatic rings. The fourth-order valence-corrected chi connectivity index (χ4v) is 3.13. The molecule has 8 heteroatoms. The van der Waals surface area contributed by atoms with E-state index in [9.17, 15) is 23.1 Å². The molecule has 0 amide bonds. The first kappa shape index (κ1) is 22.6. The fourth-order valence-electron chi connectivity index (χ4n) is 2.37. The summed E-state index contributed by atoms with van der Waals surface area (Å²) in [7, 11) is -3.40. The maximum absolute atomic E-state index is 12.1. The Kier molecular flexibility index (Phi) is 7.80. The van der Waals surface area contributed by atoms with Gasteiger partial charge in [0.15, 0.2) is 15.6 Å². The van der Waals surface area contributed by atoms with Crippen LogP contribution in [-0.4, -0.2) is 26.4 Å². The summed E-state index contributed by atoms with van der Waals surface area (Å²) in [5.74, 6) is -2.00. The van der Waals surface area contributed by atoms with E-state index in [1.807, 2.05) is 0 Å². The fraction of sp³-hybridized carbons (Fsp3) is 0.111. The summed E-state index contributed by atoms with van der Waals surface area (Å²) < 4.78 is 23.1. The summed E-state index contributed by atoms with van der Waals surface area (Å²) in [4.78, 5) is 23.9. The monoisotopic (exact) mass is 400 g/mol. The molecule has 0 aromatic heterocycles. The molecule has 0 aliphatic heterocycles. The number of aliphatic carboxylic acids is 1. The molecule has 130 valence electrons. The zero-order chi connectivity index (χ0) is 18.8. The Hall–Kier alpha value is -1.44. The topological polar surface area (TPSA) is 91.3 Å². The molecular formula is C18H14ClNaO5S. The molecule has 0 bridgehead atoms. The Balaban J connectivity index is 0.00000338. The zero-order valence-electron chi connectivity index (χ0n) is 14.4. The number of Topliss-reactive ketones (excluding diaryl/α,β-unsaturated/α-hetero) is 1. The second-order valence-corrected chi connectivity index (χ2v) is 7.85. The molecule has 2 rings (SSSR count). The van der Waals surface area contributed by atoms with Crippen molar-refractivity contribution >= 4 is 44.3 Å². The number of ketones is 1. The average Bonchev–Trinajstić information content (AvgIpc) is 2.52. The van der Waals surface area contributed by atoms with E-state index in [-0.39, 0.29) is 56.7 Å². The van der Waals surface area contributed by atoms with Crippen LogP contribution in [0, 0.1) is 0 Å². The molecule has 0 spiro atoms. The predicted molar refractivity (Wildman–Crippen MR) is 93.5 cm³/mol. The molecule has 0 aliphatic carbocycles. The number of hydrogen-bond donors (Lipinski definition) is 0. The van der Waals surface area contributed by atoms with Crippen LogP contribution in [0.2, 0.25) is 5.02 Å². The Labute approximate surface area is 178 Å². The minimum atomic E-state index is -3.40. The van der Waals surface area contributed by atoms with Gasteiger partial charge in [0.1, 0.15) is 0 Å². The number of rotatable bonds is 5. The van der Waals surface area contributed by atoms with E-state index in [0.29, 0.717) is 5.02 Å². The minimum Gasteiger partial charge on any atom is -0.545 e. The molecule has 2 aromatic rings. The number of carboxylic acid groups (broad SMARTS) is 1. The van der Waals surface area contributed by atoms with Gasteiger partial charge in [0.25, 0.3) is 0 Å². The molecule has 0 fully saturated rings. The number of sulfone groups is 1. The largest absolute Gasteiger partial charge is 1.00 e. The number of carboxylic acids is 1. The van der Waals surface area contributed by atoms with Gasteiger partial charge in [-0.2, -0.15) is 0 Å². The number of carbonyl (C=O) groups excluding carboxylic acids is 2. The predicted octanol–water partition coefficient (Wildman–Crippen LogP) is -1.00. The van der Waals surface area contributed by atoms with Crippen LogP contribution in [0.25, 0.3) is 11.1 Å². The number of carbonyl (C=O) groups is 2. The van der Waals surface area contributed by atoms with Crippen molar-refractivity contribution in [3.8, 4) is 0 Å². The third-order valence-electron chi connectivity index (χ3n) is 3.51. The van der Waals surface area contributed by atoms with Gasteiger partial charge >= 0.3 is 29.6 Å². The number of benzene rings is 2. The third-order valence-corrected chi connectivity index (χ3v) is 4.89. The second-order valence-electron chi connectivity index (χ2n) is 5.40. The summed E-state index contributed by atoms with van der Waals surface area (Å²) >= 11 is 5.81. The maximum atomic E-state index is 12.1. The van der Waals surface area contributed by atoms with E-state index in [0.717, 1.165) is 6.26 Å². The number of halogens is 1. The molecule has 0 heterocycles. The summed E-state index contributed by atoms with van der Waals surface area (Å²) in [6.07, 6.45) is 1.06. The van der Waals surface area contributed by atoms with Crippen LogP contribution in [0.5, 0.6) is 0 Å². The van der Waals surface area contributed by atoms with Crippen LogP contribution in [0.4, 0.5) is 0 Å². The van der Waals surface area contributed by atoms with Crippen molar-refractivity contribution in [2.45, 2.75) is 11.8 Å². The normalized spacial score (nSPS) is 12.0. The van der Waals surface area contributed by atoms with Gasteiger partial charge in [0.05, 0.1) is 10.9 Å². The number of hydrogen-bond acceptors (Lipinski definition) is 5. The first-order chi connectivity index (χ1) is 11.6. The van der Waals surface area contributed by atoms with E-state index in [1.54, 1.807) is 0 Å². The molecule has 0 saturated carbocycles. The smallest absolute Gasteiger partial charge is 0.545 e. The summed E-state index contributed by atoms with van der Waals surface area (Å²) in [5, 5.41) is 12.1. The van der Waals surface area contributed by atoms with Crippen molar-refractivity contribution in [2.75, 3.05) is 6.26 Å². The molecule has 0 unspecified atom stereocenters. The van der Waals surface area contributed by atoms with Gasteiger partial charge in [0, 0.05) is 22.4 Å². The van der Waals surface area contributed by atoms with Crippen LogP contribution in [0.15, 0.2) is 53.4 Å². The van der Waals surface area contributed by atoms with Crippen LogP contribution < -0.4 is 34.7 Å². The first-order valence-electron chi connectivity index (χ1n) is 7.14. The van der Waals surface area contributed by atoms with Gasteiger partial charge in [-0.1, -0.05) is 35.9 Å². The standard InChI is InChI=1S/C18H15ClO5S.Na/c1-11(20)16(12-5-9-15(10-6-12)25(2,23)24)17(18(21)22)13-3-7-14(19)8-4-13;/h3-10H,1-2H3,(H,21,22);/q;+1/p-1/b17-16+;. The summed E-state index contributed by atoms with van der Waals surface area (Å²) in [5.41, 5.74) is 0.203. The quantitative estimate of drug-likeness (QED) is 0.364. The van der Waals surface area contributed by atoms with Crippen LogP contribution in [0.1, 0.15) is 18.1 Å². The van der Waals surface area contributed by atoms with E-state index < -0.39 is 21.6 Å². The van der Waals surface area contributed by atoms with Gasteiger partial charge in [-0.15, -0.1) is 0 Å². The third kappa shape index (κ3) is 5.28. The Bertz CT molecular complexity index is 962. The van der Waals surface area contributed by atoms with E-state index >= 15 is 0 Å². The van der Waals surface area contributed by atoms with Crippen molar-refractivity contribution in [1.82, 2.24) is 0 Å². The summed E-state index contributed by atoms with van der Waals surface area (Å²) in [6.45, 7) is 1.23. The second kappa shape index (κ2) is 8.97. The molecule has 26 heavy (non-hydrogen) atoms. The maximum Gasteiger partial charge on any atom is 1.00 e. The van der Waals surface area contributed by atoms with Crippen molar-refractivity contribution in [3.05, 3.63) is 64.7 Å². The molecule has 0 N–H and O–H groups in total. The first-order valence-corrected chi connectivity index (χ1v) is 9.41. The molecule has 0 atom stereocenters. The molecule has 0 saturated heterocycles. The van der Waals surface area contributed by atoms with Gasteiger partial charge in [-0.25, -0.2) is 8.42 Å². The van der Waals surface area contributed by atoms with E-state index in [2.05, 4.69) is 0 Å². The van der Waals surface area contributed by atoms with E-state index in [1.165, 1.54) is 55.5 Å². The van der Waals surface area contributed by atoms with Crippen molar-refractivity contribution in [1.29, 1.82) is 0 Å². The van der Waals surface area contributed by atoms with Crippen LogP contribution >= 0.6 is 11.6 Å². The molecule has 5 nitrogen and oxygen atoms in total. The zero-order valence-corrected chi connectivity index (χ0v) is 18.0. The Morgan fingerprint density at radius 1 is 0.885 bits per heavy atom. The van der Waals surface area contributed by atoms with Gasteiger partial charge in [0.2, 0.25) is 0 Å². The van der Waals surface area contributed by atoms with Gasteiger partial charge < -0.3 is 9.90 Å². The van der Waals surface area contributed by atoms with Crippen molar-refractivity contribution in [3.63, 3.8) is 0 Å². The van der Waals surface area contributed by atoms with Gasteiger partial charge in [-0.3, -0.25) is 4.79 Å². The van der Waals surface area contributed by atoms with Crippen molar-refractivity contribution in [2.24, 2.45) is 0 Å². The molecule has 2 aromatic carbocycles.